The lowest BCUT2D eigenvalue weighted by Crippen LogP contribution is -2.35. The normalized spacial score (nSPS) is 16.6. The number of allylic oxidation sites excluding steroid dienone is 1. The molecule has 82 valence electrons. The van der Waals surface area contributed by atoms with Gasteiger partial charge in [0.15, 0.2) is 0 Å². The van der Waals surface area contributed by atoms with Gasteiger partial charge in [-0.1, -0.05) is 6.08 Å². The van der Waals surface area contributed by atoms with E-state index in [9.17, 15) is 13.2 Å². The minimum atomic E-state index is -4.60. The van der Waals surface area contributed by atoms with Crippen LogP contribution in [0.5, 0.6) is 0 Å². The molecule has 2 N–H and O–H groups in total. The molecule has 0 rings (SSSR count). The fraction of sp³-hybridized carbons (Fsp3) is 0.571. The summed E-state index contributed by atoms with van der Waals surface area (Å²) in [4.78, 5) is 10.8. The molecule has 2 unspecified atom stereocenters. The Balaban J connectivity index is 4.65. The summed E-state index contributed by atoms with van der Waals surface area (Å²) in [5, 5.41) is 8.92. The number of rotatable bonds is 4. The average molecular weight is 224 g/mol. The number of hydrogen-bond donors (Lipinski definition) is 2. The predicted octanol–water partition coefficient (Wildman–Crippen LogP) is -0.300. The Bertz CT molecular complexity index is 315. The fourth-order valence-electron chi connectivity index (χ4n) is 0.698. The van der Waals surface area contributed by atoms with E-state index in [1.54, 1.807) is 0 Å². The molecular formula is C7H12O6S. The van der Waals surface area contributed by atoms with Crippen LogP contribution >= 0.6 is 0 Å². The van der Waals surface area contributed by atoms with Gasteiger partial charge in [-0.25, -0.2) is 4.79 Å². The minimum absolute atomic E-state index is 0.948. The van der Waals surface area contributed by atoms with Gasteiger partial charge in [-0.05, 0) is 13.8 Å². The van der Waals surface area contributed by atoms with Crippen LogP contribution in [0.15, 0.2) is 12.2 Å². The van der Waals surface area contributed by atoms with Crippen molar-refractivity contribution in [1.29, 1.82) is 0 Å². The third-order valence-corrected chi connectivity index (χ3v) is 2.30. The second-order valence-electron chi connectivity index (χ2n) is 2.56. The summed E-state index contributed by atoms with van der Waals surface area (Å²) in [6.45, 7) is 2.62. The third-order valence-electron chi connectivity index (χ3n) is 1.22. The van der Waals surface area contributed by atoms with Gasteiger partial charge >= 0.3 is 16.1 Å². The molecule has 6 nitrogen and oxygen atoms in total. The van der Waals surface area contributed by atoms with Crippen LogP contribution in [-0.4, -0.2) is 35.6 Å². The van der Waals surface area contributed by atoms with Gasteiger partial charge in [-0.2, -0.15) is 8.42 Å². The zero-order chi connectivity index (χ0) is 11.4. The molecule has 14 heavy (non-hydrogen) atoms. The molecule has 0 saturated carbocycles. The number of carbonyl (C=O) groups is 1. The molecule has 0 heterocycles. The predicted molar refractivity (Wildman–Crippen MR) is 47.9 cm³/mol. The molecule has 0 radical (unpaired) electrons. The molecule has 7 heteroatoms. The molecule has 0 bridgehead atoms. The Morgan fingerprint density at radius 3 is 2.29 bits per heavy atom. The smallest absolute Gasteiger partial charge is 0.331 e. The number of hydrogen-bond acceptors (Lipinski definition) is 5. The van der Waals surface area contributed by atoms with E-state index in [1.165, 1.54) is 13.0 Å². The standard InChI is InChI=1S/C7H12O6S/c1-3-4-6(9)13-7(5(2)8)14(10,11)12/h3-5,7-8H,1-2H3,(H,10,11,12). The molecule has 0 aliphatic heterocycles. The summed E-state index contributed by atoms with van der Waals surface area (Å²) in [6.07, 6.45) is 0.811. The second-order valence-corrected chi connectivity index (χ2v) is 4.06. The van der Waals surface area contributed by atoms with E-state index in [0.29, 0.717) is 0 Å². The largest absolute Gasteiger partial charge is 0.437 e. The van der Waals surface area contributed by atoms with Gasteiger partial charge in [0.05, 0.1) is 0 Å². The molecule has 0 amide bonds. The Kier molecular flexibility index (Phi) is 4.75. The zero-order valence-corrected chi connectivity index (χ0v) is 8.56. The maximum absolute atomic E-state index is 10.8. The van der Waals surface area contributed by atoms with Gasteiger partial charge in [0.1, 0.15) is 6.10 Å². The van der Waals surface area contributed by atoms with E-state index in [0.717, 1.165) is 13.0 Å². The number of carbonyl (C=O) groups excluding carboxylic acids is 1. The molecular weight excluding hydrogens is 212 g/mol. The summed E-state index contributed by atoms with van der Waals surface area (Å²) in [5.41, 5.74) is -1.95. The van der Waals surface area contributed by atoms with Crippen LogP contribution in [-0.2, 0) is 19.6 Å². The lowest BCUT2D eigenvalue weighted by atomic mass is 10.4. The van der Waals surface area contributed by atoms with Crippen molar-refractivity contribution in [3.8, 4) is 0 Å². The number of aliphatic hydroxyl groups is 1. The lowest BCUT2D eigenvalue weighted by molar-refractivity contribution is -0.143. The topological polar surface area (TPSA) is 101 Å². The summed E-state index contributed by atoms with van der Waals surface area (Å²) >= 11 is 0. The van der Waals surface area contributed by atoms with E-state index in [4.69, 9.17) is 9.66 Å². The highest BCUT2D eigenvalue weighted by molar-refractivity contribution is 7.86. The van der Waals surface area contributed by atoms with Crippen molar-refractivity contribution < 1.29 is 27.6 Å². The van der Waals surface area contributed by atoms with Gasteiger partial charge in [-0.3, -0.25) is 4.55 Å². The van der Waals surface area contributed by atoms with Gasteiger partial charge in [0, 0.05) is 6.08 Å². The SMILES string of the molecule is CC=CC(=O)OC(C(C)O)S(=O)(=O)O. The summed E-state index contributed by atoms with van der Waals surface area (Å²) in [6, 6.07) is 0. The molecule has 0 fully saturated rings. The van der Waals surface area contributed by atoms with Crippen molar-refractivity contribution in [2.45, 2.75) is 25.4 Å². The van der Waals surface area contributed by atoms with Crippen molar-refractivity contribution in [3.05, 3.63) is 12.2 Å². The molecule has 0 aromatic rings. The van der Waals surface area contributed by atoms with Gasteiger partial charge in [-0.15, -0.1) is 0 Å². The molecule has 2 atom stereocenters. The first-order valence-electron chi connectivity index (χ1n) is 3.76. The quantitative estimate of drug-likeness (QED) is 0.386. The fourth-order valence-corrected chi connectivity index (χ4v) is 1.41. The number of ether oxygens (including phenoxy) is 1. The summed E-state index contributed by atoms with van der Waals surface area (Å²) in [5.74, 6) is -0.948. The Morgan fingerprint density at radius 1 is 1.50 bits per heavy atom. The zero-order valence-electron chi connectivity index (χ0n) is 7.75. The van der Waals surface area contributed by atoms with Crippen LogP contribution in [0.2, 0.25) is 0 Å². The first-order chi connectivity index (χ1) is 6.29. The molecule has 0 saturated heterocycles. The van der Waals surface area contributed by atoms with E-state index in [2.05, 4.69) is 4.74 Å². The van der Waals surface area contributed by atoms with Crippen molar-refractivity contribution in [1.82, 2.24) is 0 Å². The van der Waals surface area contributed by atoms with Gasteiger partial charge in [0.2, 0.25) is 0 Å². The van der Waals surface area contributed by atoms with Crippen LogP contribution in [0.25, 0.3) is 0 Å². The van der Waals surface area contributed by atoms with Gasteiger partial charge < -0.3 is 9.84 Å². The van der Waals surface area contributed by atoms with E-state index < -0.39 is 27.6 Å². The molecule has 0 aromatic heterocycles. The van der Waals surface area contributed by atoms with Crippen LogP contribution < -0.4 is 0 Å². The maximum Gasteiger partial charge on any atom is 0.331 e. The second kappa shape index (κ2) is 5.08. The monoisotopic (exact) mass is 224 g/mol. The van der Waals surface area contributed by atoms with Crippen LogP contribution in [0.4, 0.5) is 0 Å². The van der Waals surface area contributed by atoms with Crippen LogP contribution in [0.3, 0.4) is 0 Å². The lowest BCUT2D eigenvalue weighted by Gasteiger charge is -2.16. The summed E-state index contributed by atoms with van der Waals surface area (Å²) in [7, 11) is -4.60. The highest BCUT2D eigenvalue weighted by atomic mass is 32.2. The highest BCUT2D eigenvalue weighted by Crippen LogP contribution is 2.07. The molecule has 0 aliphatic rings. The Labute approximate surface area is 81.9 Å². The summed E-state index contributed by atoms with van der Waals surface area (Å²) < 4.78 is 34.1. The van der Waals surface area contributed by atoms with E-state index >= 15 is 0 Å². The highest BCUT2D eigenvalue weighted by Gasteiger charge is 2.31. The molecule has 0 aliphatic carbocycles. The van der Waals surface area contributed by atoms with Crippen molar-refractivity contribution >= 4 is 16.1 Å². The van der Waals surface area contributed by atoms with Crippen LogP contribution in [0, 0.1) is 0 Å². The Hall–Kier alpha value is -0.920. The maximum atomic E-state index is 10.8. The molecule has 0 aromatic carbocycles. The first kappa shape index (κ1) is 13.1. The van der Waals surface area contributed by atoms with Crippen molar-refractivity contribution in [2.75, 3.05) is 0 Å². The van der Waals surface area contributed by atoms with Crippen molar-refractivity contribution in [3.63, 3.8) is 0 Å². The molecule has 0 spiro atoms. The number of esters is 1. The van der Waals surface area contributed by atoms with E-state index in [-0.39, 0.29) is 0 Å². The van der Waals surface area contributed by atoms with Crippen molar-refractivity contribution in [2.24, 2.45) is 0 Å². The first-order valence-corrected chi connectivity index (χ1v) is 5.27. The van der Waals surface area contributed by atoms with E-state index in [1.807, 2.05) is 0 Å². The van der Waals surface area contributed by atoms with Crippen LogP contribution in [0.1, 0.15) is 13.8 Å². The Morgan fingerprint density at radius 2 is 2.00 bits per heavy atom. The minimum Gasteiger partial charge on any atom is -0.437 e. The third kappa shape index (κ3) is 4.35. The average Bonchev–Trinajstić information content (AvgIpc) is 1.98. The number of aliphatic hydroxyl groups excluding tert-OH is 1. The van der Waals surface area contributed by atoms with Gasteiger partial charge in [0.25, 0.3) is 5.44 Å².